The number of piperazine rings is 1. The monoisotopic (exact) mass is 277 g/mol. The highest BCUT2D eigenvalue weighted by Gasteiger charge is 2.22. The molecule has 1 unspecified atom stereocenters. The highest BCUT2D eigenvalue weighted by Crippen LogP contribution is 2.18. The van der Waals surface area contributed by atoms with E-state index in [1.165, 1.54) is 0 Å². The predicted octanol–water partition coefficient (Wildman–Crippen LogP) is 1.38. The van der Waals surface area contributed by atoms with Crippen LogP contribution in [0.5, 0.6) is 0 Å². The normalized spacial score (nSPS) is 18.6. The fourth-order valence-corrected chi connectivity index (χ4v) is 2.53. The van der Waals surface area contributed by atoms with E-state index < -0.39 is 0 Å². The van der Waals surface area contributed by atoms with Crippen LogP contribution in [0.4, 0.5) is 5.95 Å². The van der Waals surface area contributed by atoms with E-state index in [1.807, 2.05) is 6.92 Å². The molecule has 1 atom stereocenters. The fourth-order valence-electron chi connectivity index (χ4n) is 2.53. The quantitative estimate of drug-likeness (QED) is 0.901. The number of nitrogens with two attached hydrogens (primary N) is 1. The second kappa shape index (κ2) is 6.50. The first-order valence-corrected chi connectivity index (χ1v) is 7.56. The third-order valence-corrected chi connectivity index (χ3v) is 4.02. The Morgan fingerprint density at radius 2 is 1.80 bits per heavy atom. The van der Waals surface area contributed by atoms with E-state index in [-0.39, 0.29) is 0 Å². The summed E-state index contributed by atoms with van der Waals surface area (Å²) in [5.41, 5.74) is 7.92. The van der Waals surface area contributed by atoms with Crippen LogP contribution in [-0.2, 0) is 0 Å². The Hall–Kier alpha value is -1.20. The van der Waals surface area contributed by atoms with Crippen LogP contribution in [0.3, 0.4) is 0 Å². The van der Waals surface area contributed by atoms with Crippen molar-refractivity contribution in [1.82, 2.24) is 14.9 Å². The summed E-state index contributed by atoms with van der Waals surface area (Å²) in [5, 5.41) is 0. The number of hydrogen-bond donors (Lipinski definition) is 1. The Balaban J connectivity index is 2.07. The first-order chi connectivity index (χ1) is 9.51. The Labute approximate surface area is 122 Å². The second-order valence-electron chi connectivity index (χ2n) is 6.00. The molecule has 5 nitrogen and oxygen atoms in total. The number of aryl methyl sites for hydroxylation is 1. The molecule has 0 amide bonds. The molecule has 1 aromatic rings. The van der Waals surface area contributed by atoms with E-state index in [4.69, 9.17) is 10.7 Å². The lowest BCUT2D eigenvalue weighted by molar-refractivity contribution is 0.200. The Morgan fingerprint density at radius 1 is 1.15 bits per heavy atom. The van der Waals surface area contributed by atoms with E-state index in [0.29, 0.717) is 12.0 Å². The van der Waals surface area contributed by atoms with E-state index in [1.54, 1.807) is 0 Å². The molecule has 0 spiro atoms. The zero-order valence-corrected chi connectivity index (χ0v) is 13.1. The van der Waals surface area contributed by atoms with Gasteiger partial charge in [-0.05, 0) is 25.8 Å². The van der Waals surface area contributed by atoms with Gasteiger partial charge in [0.15, 0.2) is 0 Å². The first kappa shape index (κ1) is 15.2. The molecule has 5 heteroatoms. The van der Waals surface area contributed by atoms with E-state index in [0.717, 1.165) is 50.1 Å². The van der Waals surface area contributed by atoms with Crippen molar-refractivity contribution in [3.05, 3.63) is 17.5 Å². The van der Waals surface area contributed by atoms with E-state index in [2.05, 4.69) is 41.6 Å². The molecule has 1 saturated heterocycles. The summed E-state index contributed by atoms with van der Waals surface area (Å²) in [7, 11) is 0. The van der Waals surface area contributed by atoms with Gasteiger partial charge in [0.1, 0.15) is 0 Å². The van der Waals surface area contributed by atoms with Crippen molar-refractivity contribution in [2.75, 3.05) is 37.6 Å². The standard InChI is InChI=1S/C15H27N5/c1-11(2)14-9-12(3)17-15(18-14)20-7-5-19(6-8-20)13(4)10-16/h9,11,13H,5-8,10,16H2,1-4H3. The molecule has 2 rings (SSSR count). The Kier molecular flexibility index (Phi) is 4.94. The van der Waals surface area contributed by atoms with Gasteiger partial charge in [-0.3, -0.25) is 4.90 Å². The average molecular weight is 277 g/mol. The molecule has 1 aliphatic rings. The van der Waals surface area contributed by atoms with Crippen molar-refractivity contribution in [3.63, 3.8) is 0 Å². The minimum atomic E-state index is 0.439. The van der Waals surface area contributed by atoms with Crippen molar-refractivity contribution in [2.24, 2.45) is 5.73 Å². The zero-order valence-electron chi connectivity index (χ0n) is 13.1. The molecular weight excluding hydrogens is 250 g/mol. The average Bonchev–Trinajstić information content (AvgIpc) is 2.46. The number of hydrogen-bond acceptors (Lipinski definition) is 5. The molecule has 0 aliphatic carbocycles. The molecule has 2 N–H and O–H groups in total. The summed E-state index contributed by atoms with van der Waals surface area (Å²) in [6, 6.07) is 2.54. The van der Waals surface area contributed by atoms with Crippen molar-refractivity contribution in [2.45, 2.75) is 39.7 Å². The van der Waals surface area contributed by atoms with Gasteiger partial charge in [0.05, 0.1) is 0 Å². The smallest absolute Gasteiger partial charge is 0.225 e. The maximum atomic E-state index is 5.74. The molecule has 0 saturated carbocycles. The highest BCUT2D eigenvalue weighted by molar-refractivity contribution is 5.34. The Bertz CT molecular complexity index is 438. The van der Waals surface area contributed by atoms with Crippen LogP contribution in [0.1, 0.15) is 38.1 Å². The Morgan fingerprint density at radius 3 is 2.35 bits per heavy atom. The van der Waals surface area contributed by atoms with Crippen LogP contribution in [-0.4, -0.2) is 53.6 Å². The lowest BCUT2D eigenvalue weighted by Crippen LogP contribution is -2.51. The third kappa shape index (κ3) is 3.46. The van der Waals surface area contributed by atoms with Gasteiger partial charge in [-0.2, -0.15) is 0 Å². The van der Waals surface area contributed by atoms with Crippen LogP contribution in [0.15, 0.2) is 6.07 Å². The molecule has 1 fully saturated rings. The molecule has 112 valence electrons. The van der Waals surface area contributed by atoms with Gasteiger partial charge < -0.3 is 10.6 Å². The lowest BCUT2D eigenvalue weighted by Gasteiger charge is -2.37. The number of rotatable bonds is 4. The summed E-state index contributed by atoms with van der Waals surface area (Å²) in [4.78, 5) is 14.1. The summed E-state index contributed by atoms with van der Waals surface area (Å²) in [6.45, 7) is 13.3. The highest BCUT2D eigenvalue weighted by atomic mass is 15.3. The van der Waals surface area contributed by atoms with Crippen molar-refractivity contribution < 1.29 is 0 Å². The predicted molar refractivity (Wildman–Crippen MR) is 83.2 cm³/mol. The summed E-state index contributed by atoms with van der Waals surface area (Å²) in [6.07, 6.45) is 0. The number of nitrogens with zero attached hydrogens (tertiary/aromatic N) is 4. The molecular formula is C15H27N5. The largest absolute Gasteiger partial charge is 0.338 e. The van der Waals surface area contributed by atoms with Gasteiger partial charge >= 0.3 is 0 Å². The van der Waals surface area contributed by atoms with Crippen molar-refractivity contribution in [1.29, 1.82) is 0 Å². The summed E-state index contributed by atoms with van der Waals surface area (Å²) in [5.74, 6) is 1.32. The van der Waals surface area contributed by atoms with E-state index in [9.17, 15) is 0 Å². The van der Waals surface area contributed by atoms with Gasteiger partial charge in [0.25, 0.3) is 0 Å². The van der Waals surface area contributed by atoms with Crippen LogP contribution in [0.2, 0.25) is 0 Å². The van der Waals surface area contributed by atoms with Crippen LogP contribution in [0.25, 0.3) is 0 Å². The zero-order chi connectivity index (χ0) is 14.7. The van der Waals surface area contributed by atoms with Crippen LogP contribution >= 0.6 is 0 Å². The van der Waals surface area contributed by atoms with Gasteiger partial charge in [-0.25, -0.2) is 9.97 Å². The molecule has 0 bridgehead atoms. The van der Waals surface area contributed by atoms with Crippen molar-refractivity contribution in [3.8, 4) is 0 Å². The van der Waals surface area contributed by atoms with Crippen LogP contribution in [0, 0.1) is 6.92 Å². The molecule has 0 aromatic carbocycles. The van der Waals surface area contributed by atoms with Gasteiger partial charge in [0, 0.05) is 50.2 Å². The molecule has 2 heterocycles. The lowest BCUT2D eigenvalue weighted by atomic mass is 10.1. The molecule has 20 heavy (non-hydrogen) atoms. The van der Waals surface area contributed by atoms with Gasteiger partial charge in [-0.15, -0.1) is 0 Å². The molecule has 1 aromatic heterocycles. The number of anilines is 1. The SMILES string of the molecule is Cc1cc(C(C)C)nc(N2CCN(C(C)CN)CC2)n1. The third-order valence-electron chi connectivity index (χ3n) is 4.02. The maximum absolute atomic E-state index is 5.74. The molecule has 0 radical (unpaired) electrons. The molecule has 1 aliphatic heterocycles. The summed E-state index contributed by atoms with van der Waals surface area (Å²) >= 11 is 0. The van der Waals surface area contributed by atoms with E-state index >= 15 is 0 Å². The number of aromatic nitrogens is 2. The van der Waals surface area contributed by atoms with Crippen LogP contribution < -0.4 is 10.6 Å². The topological polar surface area (TPSA) is 58.3 Å². The second-order valence-corrected chi connectivity index (χ2v) is 6.00. The first-order valence-electron chi connectivity index (χ1n) is 7.56. The van der Waals surface area contributed by atoms with Gasteiger partial charge in [-0.1, -0.05) is 13.8 Å². The minimum Gasteiger partial charge on any atom is -0.338 e. The fraction of sp³-hybridized carbons (Fsp3) is 0.733. The van der Waals surface area contributed by atoms with Crippen molar-refractivity contribution >= 4 is 5.95 Å². The van der Waals surface area contributed by atoms with Gasteiger partial charge in [0.2, 0.25) is 5.95 Å². The summed E-state index contributed by atoms with van der Waals surface area (Å²) < 4.78 is 0. The maximum Gasteiger partial charge on any atom is 0.225 e. The minimum absolute atomic E-state index is 0.439.